The van der Waals surface area contributed by atoms with E-state index in [1.54, 1.807) is 0 Å². The van der Waals surface area contributed by atoms with Crippen LogP contribution in [0.25, 0.3) is 0 Å². The second-order valence-corrected chi connectivity index (χ2v) is 7.27. The summed E-state index contributed by atoms with van der Waals surface area (Å²) in [4.78, 5) is 7.23. The highest BCUT2D eigenvalue weighted by molar-refractivity contribution is 5.80. The van der Waals surface area contributed by atoms with Crippen molar-refractivity contribution in [2.24, 2.45) is 12.0 Å². The molecule has 0 aromatic carbocycles. The van der Waals surface area contributed by atoms with Crippen molar-refractivity contribution in [3.8, 4) is 0 Å². The number of hydrogen-bond acceptors (Lipinski definition) is 4. The largest absolute Gasteiger partial charge is 0.355 e. The molecule has 7 heteroatoms. The molecule has 140 valence electrons. The van der Waals surface area contributed by atoms with Gasteiger partial charge >= 0.3 is 0 Å². The van der Waals surface area contributed by atoms with Gasteiger partial charge in [-0.15, -0.1) is 16.8 Å². The van der Waals surface area contributed by atoms with Crippen molar-refractivity contribution in [3.63, 3.8) is 0 Å². The van der Waals surface area contributed by atoms with Gasteiger partial charge in [-0.25, -0.2) is 4.99 Å². The van der Waals surface area contributed by atoms with Gasteiger partial charge in [0.1, 0.15) is 12.4 Å². The van der Waals surface area contributed by atoms with Crippen LogP contribution in [0.1, 0.15) is 44.8 Å². The van der Waals surface area contributed by atoms with E-state index in [0.717, 1.165) is 24.2 Å². The summed E-state index contributed by atoms with van der Waals surface area (Å²) in [5, 5.41) is 15.0. The van der Waals surface area contributed by atoms with E-state index < -0.39 is 0 Å². The van der Waals surface area contributed by atoms with E-state index in [2.05, 4.69) is 51.1 Å². The third-order valence-electron chi connectivity index (χ3n) is 4.88. The number of aryl methyl sites for hydroxylation is 1. The van der Waals surface area contributed by atoms with Gasteiger partial charge in [-0.05, 0) is 46.7 Å². The number of aliphatic imine (C=N–C) groups is 1. The topological polar surface area (TPSA) is 70.4 Å². The zero-order valence-corrected chi connectivity index (χ0v) is 16.2. The van der Waals surface area contributed by atoms with Crippen LogP contribution in [-0.4, -0.2) is 57.3 Å². The Morgan fingerprint density at radius 2 is 1.96 bits per heavy atom. The molecule has 0 saturated carbocycles. The van der Waals surface area contributed by atoms with Crippen LogP contribution in [-0.2, 0) is 13.6 Å². The van der Waals surface area contributed by atoms with Gasteiger partial charge in [0.15, 0.2) is 11.8 Å². The van der Waals surface area contributed by atoms with Crippen molar-refractivity contribution < 1.29 is 0 Å². The summed E-state index contributed by atoms with van der Waals surface area (Å²) < 4.78 is 1.96. The van der Waals surface area contributed by atoms with Crippen LogP contribution in [0.15, 0.2) is 17.6 Å². The lowest BCUT2D eigenvalue weighted by atomic mass is 9.98. The van der Waals surface area contributed by atoms with Gasteiger partial charge in [-0.1, -0.05) is 12.5 Å². The summed E-state index contributed by atoms with van der Waals surface area (Å²) >= 11 is 0. The summed E-state index contributed by atoms with van der Waals surface area (Å²) in [5.74, 6) is 2.53. The third kappa shape index (κ3) is 5.56. The standard InChI is InChI=1S/C18H33N7/c1-6-10-19-17(20-13-16-23-22-15(2)24(16)5)21-14-18(3,4)25-11-8-7-9-12-25/h6H,1,7-14H2,2-5H3,(H2,19,20,21). The zero-order chi connectivity index (χ0) is 18.3. The molecule has 1 aliphatic rings. The Labute approximate surface area is 151 Å². The van der Waals surface area contributed by atoms with E-state index in [1.807, 2.05) is 24.6 Å². The number of piperidine rings is 1. The average Bonchev–Trinajstić information content (AvgIpc) is 2.94. The predicted molar refractivity (Wildman–Crippen MR) is 103 cm³/mol. The van der Waals surface area contributed by atoms with Crippen LogP contribution < -0.4 is 10.6 Å². The highest BCUT2D eigenvalue weighted by Gasteiger charge is 2.27. The van der Waals surface area contributed by atoms with Gasteiger partial charge in [0, 0.05) is 25.7 Å². The molecule has 0 radical (unpaired) electrons. The number of hydrogen-bond donors (Lipinski definition) is 2. The van der Waals surface area contributed by atoms with Crippen LogP contribution in [0.5, 0.6) is 0 Å². The Hall–Kier alpha value is -1.89. The van der Waals surface area contributed by atoms with Crippen LogP contribution in [0.2, 0.25) is 0 Å². The minimum absolute atomic E-state index is 0.0957. The van der Waals surface area contributed by atoms with Crippen molar-refractivity contribution in [2.75, 3.05) is 26.2 Å². The Morgan fingerprint density at radius 3 is 2.56 bits per heavy atom. The Morgan fingerprint density at radius 1 is 1.24 bits per heavy atom. The fourth-order valence-corrected chi connectivity index (χ4v) is 2.99. The van der Waals surface area contributed by atoms with E-state index in [9.17, 15) is 0 Å². The van der Waals surface area contributed by atoms with Gasteiger partial charge in [0.2, 0.25) is 0 Å². The average molecular weight is 348 g/mol. The van der Waals surface area contributed by atoms with Gasteiger partial charge in [-0.2, -0.15) is 0 Å². The second kappa shape index (κ2) is 8.99. The summed E-state index contributed by atoms with van der Waals surface area (Å²) in [5.41, 5.74) is 0.0957. The molecule has 1 aromatic heterocycles. The van der Waals surface area contributed by atoms with Gasteiger partial charge in [0.05, 0.1) is 0 Å². The first-order valence-corrected chi connectivity index (χ1v) is 9.17. The fraction of sp³-hybridized carbons (Fsp3) is 0.722. The maximum absolute atomic E-state index is 4.66. The molecular weight excluding hydrogens is 314 g/mol. The Kier molecular flexibility index (Phi) is 6.99. The molecule has 0 unspecified atom stereocenters. The lowest BCUT2D eigenvalue weighted by Crippen LogP contribution is -2.54. The molecule has 0 aliphatic carbocycles. The number of likely N-dealkylation sites (tertiary alicyclic amines) is 1. The first-order valence-electron chi connectivity index (χ1n) is 9.17. The summed E-state index contributed by atoms with van der Waals surface area (Å²) in [6.07, 6.45) is 5.78. The molecule has 1 saturated heterocycles. The molecule has 0 amide bonds. The van der Waals surface area contributed by atoms with E-state index in [-0.39, 0.29) is 5.54 Å². The number of nitrogens with one attached hydrogen (secondary N) is 2. The molecule has 0 spiro atoms. The summed E-state index contributed by atoms with van der Waals surface area (Å²) in [7, 11) is 1.96. The van der Waals surface area contributed by atoms with Crippen molar-refractivity contribution in [1.29, 1.82) is 0 Å². The monoisotopic (exact) mass is 347 g/mol. The minimum Gasteiger partial charge on any atom is -0.355 e. The lowest BCUT2D eigenvalue weighted by molar-refractivity contribution is 0.0982. The smallest absolute Gasteiger partial charge is 0.192 e. The molecular formula is C18H33N7. The van der Waals surface area contributed by atoms with E-state index in [4.69, 9.17) is 0 Å². The second-order valence-electron chi connectivity index (χ2n) is 7.27. The Balaban J connectivity index is 1.97. The highest BCUT2D eigenvalue weighted by Crippen LogP contribution is 2.19. The zero-order valence-electron chi connectivity index (χ0n) is 16.2. The molecule has 7 nitrogen and oxygen atoms in total. The lowest BCUT2D eigenvalue weighted by Gasteiger charge is -2.41. The van der Waals surface area contributed by atoms with Crippen LogP contribution in [0, 0.1) is 6.92 Å². The molecule has 1 fully saturated rings. The molecule has 1 aliphatic heterocycles. The minimum atomic E-state index is 0.0957. The van der Waals surface area contributed by atoms with Gasteiger partial charge in [0.25, 0.3) is 0 Å². The third-order valence-corrected chi connectivity index (χ3v) is 4.88. The number of rotatable bonds is 7. The maximum Gasteiger partial charge on any atom is 0.192 e. The Bertz CT molecular complexity index is 582. The summed E-state index contributed by atoms with van der Waals surface area (Å²) in [6, 6.07) is 0. The molecule has 2 N–H and O–H groups in total. The normalized spacial score (nSPS) is 16.7. The molecule has 2 heterocycles. The van der Waals surface area contributed by atoms with Gasteiger partial charge in [-0.3, -0.25) is 4.90 Å². The maximum atomic E-state index is 4.66. The SMILES string of the molecule is C=CCNC(=NCc1nnc(C)n1C)NCC(C)(C)N1CCCCC1. The van der Waals surface area contributed by atoms with E-state index in [1.165, 1.54) is 32.4 Å². The number of aromatic nitrogens is 3. The number of nitrogens with zero attached hydrogens (tertiary/aromatic N) is 5. The molecule has 1 aromatic rings. The van der Waals surface area contributed by atoms with Crippen molar-refractivity contribution in [3.05, 3.63) is 24.3 Å². The molecule has 2 rings (SSSR count). The number of guanidine groups is 1. The fourth-order valence-electron chi connectivity index (χ4n) is 2.99. The van der Waals surface area contributed by atoms with E-state index >= 15 is 0 Å². The van der Waals surface area contributed by atoms with Crippen LogP contribution in [0.4, 0.5) is 0 Å². The van der Waals surface area contributed by atoms with Crippen molar-refractivity contribution in [1.82, 2.24) is 30.3 Å². The van der Waals surface area contributed by atoms with E-state index in [0.29, 0.717) is 13.1 Å². The van der Waals surface area contributed by atoms with Crippen LogP contribution >= 0.6 is 0 Å². The quantitative estimate of drug-likeness (QED) is 0.445. The first-order chi connectivity index (χ1) is 11.9. The van der Waals surface area contributed by atoms with Crippen molar-refractivity contribution >= 4 is 5.96 Å². The predicted octanol–water partition coefficient (Wildman–Crippen LogP) is 1.61. The highest BCUT2D eigenvalue weighted by atomic mass is 15.3. The summed E-state index contributed by atoms with van der Waals surface area (Å²) in [6.45, 7) is 14.7. The van der Waals surface area contributed by atoms with Gasteiger partial charge < -0.3 is 15.2 Å². The van der Waals surface area contributed by atoms with Crippen molar-refractivity contribution in [2.45, 2.75) is 52.1 Å². The molecule has 0 bridgehead atoms. The first kappa shape index (κ1) is 19.4. The molecule has 25 heavy (non-hydrogen) atoms. The molecule has 0 atom stereocenters. The van der Waals surface area contributed by atoms with Crippen LogP contribution in [0.3, 0.4) is 0 Å².